The summed E-state index contributed by atoms with van der Waals surface area (Å²) in [5.74, 6) is 1.35. The van der Waals surface area contributed by atoms with Crippen LogP contribution in [0.25, 0.3) is 33.9 Å². The molecule has 0 bridgehead atoms. The molecule has 5 nitrogen and oxygen atoms in total. The maximum atomic E-state index is 12.3. The average Bonchev–Trinajstić information content (AvgIpc) is 3.28. The van der Waals surface area contributed by atoms with Crippen LogP contribution in [0.1, 0.15) is 16.5 Å². The van der Waals surface area contributed by atoms with E-state index in [1.54, 1.807) is 29.7 Å². The van der Waals surface area contributed by atoms with Crippen molar-refractivity contribution in [1.29, 1.82) is 5.26 Å². The summed E-state index contributed by atoms with van der Waals surface area (Å²) < 4.78 is 10.8. The van der Waals surface area contributed by atoms with Crippen LogP contribution in [0.15, 0.2) is 61.5 Å². The zero-order valence-corrected chi connectivity index (χ0v) is 14.5. The Morgan fingerprint density at radius 2 is 2.08 bits per heavy atom. The zero-order valence-electron chi connectivity index (χ0n) is 13.7. The molecule has 6 heteroatoms. The number of hydrogen-bond donors (Lipinski definition) is 0. The first-order valence-electron chi connectivity index (χ1n) is 7.81. The predicted molar refractivity (Wildman–Crippen MR) is 101 cm³/mol. The van der Waals surface area contributed by atoms with Gasteiger partial charge in [-0.05, 0) is 31.2 Å². The normalized spacial score (nSPS) is 11.6. The van der Waals surface area contributed by atoms with Crippen LogP contribution in [0.4, 0.5) is 0 Å². The Morgan fingerprint density at radius 1 is 1.23 bits per heavy atom. The van der Waals surface area contributed by atoms with Gasteiger partial charge in [0.2, 0.25) is 0 Å². The van der Waals surface area contributed by atoms with Crippen LogP contribution in [0.3, 0.4) is 0 Å². The third-order valence-corrected chi connectivity index (χ3v) is 4.70. The van der Waals surface area contributed by atoms with Gasteiger partial charge in [0, 0.05) is 16.8 Å². The third kappa shape index (κ3) is 2.96. The van der Waals surface area contributed by atoms with E-state index in [1.807, 2.05) is 31.2 Å². The number of hydrogen-bond acceptors (Lipinski definition) is 6. The lowest BCUT2D eigenvalue weighted by molar-refractivity contribution is 0.525. The summed E-state index contributed by atoms with van der Waals surface area (Å²) in [7, 11) is 0. The number of aromatic nitrogens is 1. The number of para-hydroxylation sites is 1. The molecule has 0 N–H and O–H groups in total. The zero-order chi connectivity index (χ0) is 18.1. The standard InChI is InChI=1S/C20H12N2O3S/c1-12-6-7-15(24-12)8-14(10-21)19-22-17(11-26-19)16-9-13-4-2-3-5-18(13)25-20(16)23/h2-9,11H,1H3/b14-8+. The average molecular weight is 360 g/mol. The Morgan fingerprint density at radius 3 is 2.85 bits per heavy atom. The molecule has 0 amide bonds. The van der Waals surface area contributed by atoms with Crippen molar-refractivity contribution in [2.75, 3.05) is 0 Å². The van der Waals surface area contributed by atoms with Crippen LogP contribution in [0.2, 0.25) is 0 Å². The Balaban J connectivity index is 1.76. The van der Waals surface area contributed by atoms with Gasteiger partial charge in [0.1, 0.15) is 28.2 Å². The first kappa shape index (κ1) is 16.1. The molecule has 0 spiro atoms. The van der Waals surface area contributed by atoms with Crippen LogP contribution < -0.4 is 5.63 Å². The van der Waals surface area contributed by atoms with E-state index in [0.29, 0.717) is 33.2 Å². The van der Waals surface area contributed by atoms with Crippen LogP contribution in [-0.4, -0.2) is 4.98 Å². The largest absolute Gasteiger partial charge is 0.462 e. The van der Waals surface area contributed by atoms with Crippen molar-refractivity contribution in [2.24, 2.45) is 0 Å². The molecule has 3 aromatic heterocycles. The molecule has 126 valence electrons. The topological polar surface area (TPSA) is 80.0 Å². The summed E-state index contributed by atoms with van der Waals surface area (Å²) in [5, 5.41) is 12.5. The number of furan rings is 1. The quantitative estimate of drug-likeness (QED) is 0.384. The smallest absolute Gasteiger partial charge is 0.345 e. The molecule has 1 aromatic carbocycles. The molecular formula is C20H12N2O3S. The fraction of sp³-hybridized carbons (Fsp3) is 0.0500. The van der Waals surface area contributed by atoms with Crippen molar-refractivity contribution in [3.05, 3.63) is 74.8 Å². The van der Waals surface area contributed by atoms with E-state index in [2.05, 4.69) is 11.1 Å². The van der Waals surface area contributed by atoms with Gasteiger partial charge in [-0.3, -0.25) is 0 Å². The Bertz CT molecular complexity index is 1240. The fourth-order valence-corrected chi connectivity index (χ4v) is 3.36. The van der Waals surface area contributed by atoms with Crippen molar-refractivity contribution >= 4 is 34.0 Å². The highest BCUT2D eigenvalue weighted by molar-refractivity contribution is 7.11. The van der Waals surface area contributed by atoms with Crippen molar-refractivity contribution in [3.63, 3.8) is 0 Å². The highest BCUT2D eigenvalue weighted by Gasteiger charge is 2.14. The van der Waals surface area contributed by atoms with Crippen LogP contribution in [0.5, 0.6) is 0 Å². The lowest BCUT2D eigenvalue weighted by Gasteiger charge is -1.99. The number of nitriles is 1. The van der Waals surface area contributed by atoms with Crippen molar-refractivity contribution < 1.29 is 8.83 Å². The number of rotatable bonds is 3. The van der Waals surface area contributed by atoms with E-state index in [9.17, 15) is 10.1 Å². The molecule has 3 heterocycles. The molecular weight excluding hydrogens is 348 g/mol. The Labute approximate surface area is 152 Å². The van der Waals surface area contributed by atoms with Gasteiger partial charge in [0.15, 0.2) is 0 Å². The lowest BCUT2D eigenvalue weighted by atomic mass is 10.1. The Kier molecular flexibility index (Phi) is 3.99. The molecule has 0 saturated carbocycles. The maximum absolute atomic E-state index is 12.3. The molecule has 0 radical (unpaired) electrons. The number of benzene rings is 1. The number of allylic oxidation sites excluding steroid dienone is 1. The SMILES string of the molecule is Cc1ccc(/C=C(\C#N)c2nc(-c3cc4ccccc4oc3=O)cs2)o1. The van der Waals surface area contributed by atoms with Gasteiger partial charge < -0.3 is 8.83 Å². The van der Waals surface area contributed by atoms with Crippen molar-refractivity contribution in [3.8, 4) is 17.3 Å². The highest BCUT2D eigenvalue weighted by Crippen LogP contribution is 2.27. The van der Waals surface area contributed by atoms with Crippen molar-refractivity contribution in [1.82, 2.24) is 4.98 Å². The minimum absolute atomic E-state index is 0.373. The molecule has 0 atom stereocenters. The van der Waals surface area contributed by atoms with Gasteiger partial charge in [0.05, 0.1) is 16.8 Å². The van der Waals surface area contributed by atoms with Gasteiger partial charge in [0.25, 0.3) is 0 Å². The summed E-state index contributed by atoms with van der Waals surface area (Å²) >= 11 is 1.29. The van der Waals surface area contributed by atoms with E-state index in [1.165, 1.54) is 11.3 Å². The molecule has 4 aromatic rings. The molecule has 4 rings (SSSR count). The first-order valence-corrected chi connectivity index (χ1v) is 8.69. The van der Waals surface area contributed by atoms with Gasteiger partial charge in [-0.15, -0.1) is 11.3 Å². The van der Waals surface area contributed by atoms with Gasteiger partial charge in [-0.1, -0.05) is 18.2 Å². The molecule has 0 aliphatic rings. The second-order valence-electron chi connectivity index (χ2n) is 5.64. The molecule has 0 unspecified atom stereocenters. The summed E-state index contributed by atoms with van der Waals surface area (Å²) in [6, 6.07) is 14.8. The van der Waals surface area contributed by atoms with E-state index < -0.39 is 5.63 Å². The minimum atomic E-state index is -0.454. The summed E-state index contributed by atoms with van der Waals surface area (Å²) in [4.78, 5) is 16.7. The maximum Gasteiger partial charge on any atom is 0.345 e. The molecule has 0 aliphatic heterocycles. The fourth-order valence-electron chi connectivity index (χ4n) is 2.58. The van der Waals surface area contributed by atoms with Crippen LogP contribution in [-0.2, 0) is 0 Å². The third-order valence-electron chi connectivity index (χ3n) is 3.82. The predicted octanol–water partition coefficient (Wildman–Crippen LogP) is 4.88. The molecule has 26 heavy (non-hydrogen) atoms. The van der Waals surface area contributed by atoms with Gasteiger partial charge in [-0.25, -0.2) is 9.78 Å². The number of nitrogens with zero attached hydrogens (tertiary/aromatic N) is 2. The number of thiazole rings is 1. The van der Waals surface area contributed by atoms with Gasteiger partial charge >= 0.3 is 5.63 Å². The summed E-state index contributed by atoms with van der Waals surface area (Å²) in [5.41, 5.74) is 1.31. The molecule has 0 saturated heterocycles. The minimum Gasteiger partial charge on any atom is -0.462 e. The van der Waals surface area contributed by atoms with Crippen LogP contribution >= 0.6 is 11.3 Å². The summed E-state index contributed by atoms with van der Waals surface area (Å²) in [6.45, 7) is 1.84. The van der Waals surface area contributed by atoms with Crippen molar-refractivity contribution in [2.45, 2.75) is 6.92 Å². The number of aryl methyl sites for hydroxylation is 1. The monoisotopic (exact) mass is 360 g/mol. The second kappa shape index (κ2) is 6.47. The molecule has 0 fully saturated rings. The summed E-state index contributed by atoms with van der Waals surface area (Å²) in [6.07, 6.45) is 1.64. The lowest BCUT2D eigenvalue weighted by Crippen LogP contribution is -2.02. The Hall–Kier alpha value is -3.43. The van der Waals surface area contributed by atoms with Crippen LogP contribution in [0, 0.1) is 18.3 Å². The van der Waals surface area contributed by atoms with Gasteiger partial charge in [-0.2, -0.15) is 5.26 Å². The van der Waals surface area contributed by atoms with E-state index >= 15 is 0 Å². The first-order chi connectivity index (χ1) is 12.6. The second-order valence-corrected chi connectivity index (χ2v) is 6.50. The highest BCUT2D eigenvalue weighted by atomic mass is 32.1. The van der Waals surface area contributed by atoms with E-state index in [4.69, 9.17) is 8.83 Å². The number of fused-ring (bicyclic) bond motifs is 1. The molecule has 0 aliphatic carbocycles. The van der Waals surface area contributed by atoms with E-state index in [0.717, 1.165) is 11.1 Å². The van der Waals surface area contributed by atoms with E-state index in [-0.39, 0.29) is 0 Å².